The van der Waals surface area contributed by atoms with Crippen LogP contribution in [0.5, 0.6) is 0 Å². The van der Waals surface area contributed by atoms with Crippen LogP contribution in [0.2, 0.25) is 11.1 Å². The number of hydrogen-bond donors (Lipinski definition) is 0. The van der Waals surface area contributed by atoms with Gasteiger partial charge in [0, 0.05) is 18.8 Å². The van der Waals surface area contributed by atoms with Gasteiger partial charge in [0.1, 0.15) is 0 Å². The Morgan fingerprint density at radius 2 is 1.18 bits per heavy atom. The molecule has 0 heterocycles. The topological polar surface area (TPSA) is 18.5 Å². The molecule has 0 saturated heterocycles. The molecule has 1 unspecified atom stereocenters. The van der Waals surface area contributed by atoms with Crippen molar-refractivity contribution >= 4 is 8.56 Å². The minimum atomic E-state index is -2.06. The first-order valence-corrected chi connectivity index (χ1v) is 11.6. The van der Waals surface area contributed by atoms with Crippen LogP contribution in [0.3, 0.4) is 0 Å². The lowest BCUT2D eigenvalue weighted by molar-refractivity contribution is 0.183. The summed E-state index contributed by atoms with van der Waals surface area (Å²) in [6, 6.07) is 1.14. The standard InChI is InChI=1S/C19H42O2Si/c1-7-9-10-11-12-13-14-15-16-17-18-22(20-6,21-8-2)19(3,4)5/h7-18H2,1-6H3. The zero-order chi connectivity index (χ0) is 16.9. The molecule has 3 heteroatoms. The third-order valence-corrected chi connectivity index (χ3v) is 9.42. The van der Waals surface area contributed by atoms with E-state index in [9.17, 15) is 0 Å². The molecular weight excluding hydrogens is 288 g/mol. The lowest BCUT2D eigenvalue weighted by Crippen LogP contribution is -2.49. The quantitative estimate of drug-likeness (QED) is 0.256. The SMILES string of the molecule is CCCCCCCCCCCC[Si](OC)(OCC)C(C)(C)C. The molecule has 0 aromatic carbocycles. The van der Waals surface area contributed by atoms with E-state index in [-0.39, 0.29) is 5.04 Å². The summed E-state index contributed by atoms with van der Waals surface area (Å²) in [6.07, 6.45) is 13.8. The summed E-state index contributed by atoms with van der Waals surface area (Å²) in [7, 11) is -0.211. The smallest absolute Gasteiger partial charge is 0.343 e. The second-order valence-electron chi connectivity index (χ2n) is 7.57. The summed E-state index contributed by atoms with van der Waals surface area (Å²) in [6.45, 7) is 12.0. The normalized spacial score (nSPS) is 15.0. The van der Waals surface area contributed by atoms with Crippen LogP contribution in [0.15, 0.2) is 0 Å². The van der Waals surface area contributed by atoms with Crippen LogP contribution in [-0.2, 0) is 8.85 Å². The van der Waals surface area contributed by atoms with E-state index in [0.29, 0.717) is 0 Å². The number of hydrogen-bond acceptors (Lipinski definition) is 2. The molecule has 0 bridgehead atoms. The van der Waals surface area contributed by atoms with Gasteiger partial charge in [0.2, 0.25) is 0 Å². The molecule has 0 fully saturated rings. The summed E-state index contributed by atoms with van der Waals surface area (Å²) >= 11 is 0. The molecule has 0 aliphatic heterocycles. The Morgan fingerprint density at radius 1 is 0.727 bits per heavy atom. The van der Waals surface area contributed by atoms with Crippen molar-refractivity contribution in [3.8, 4) is 0 Å². The van der Waals surface area contributed by atoms with Gasteiger partial charge in [-0.25, -0.2) is 0 Å². The fourth-order valence-electron chi connectivity index (χ4n) is 3.21. The lowest BCUT2D eigenvalue weighted by Gasteiger charge is -2.39. The molecule has 1 atom stereocenters. The van der Waals surface area contributed by atoms with Gasteiger partial charge in [0.15, 0.2) is 0 Å². The zero-order valence-corrected chi connectivity index (χ0v) is 17.3. The van der Waals surface area contributed by atoms with Crippen LogP contribution in [0.4, 0.5) is 0 Å². The van der Waals surface area contributed by atoms with Crippen LogP contribution >= 0.6 is 0 Å². The van der Waals surface area contributed by atoms with Crippen LogP contribution in [0.1, 0.15) is 98.8 Å². The van der Waals surface area contributed by atoms with E-state index in [2.05, 4.69) is 34.6 Å². The van der Waals surface area contributed by atoms with Crippen molar-refractivity contribution in [2.24, 2.45) is 0 Å². The first kappa shape index (κ1) is 22.1. The van der Waals surface area contributed by atoms with Crippen molar-refractivity contribution in [1.29, 1.82) is 0 Å². The Morgan fingerprint density at radius 3 is 1.55 bits per heavy atom. The van der Waals surface area contributed by atoms with E-state index < -0.39 is 8.56 Å². The predicted octanol–water partition coefficient (Wildman–Crippen LogP) is 6.83. The highest BCUT2D eigenvalue weighted by Crippen LogP contribution is 2.41. The molecule has 0 spiro atoms. The molecule has 0 radical (unpaired) electrons. The molecule has 0 amide bonds. The van der Waals surface area contributed by atoms with Crippen molar-refractivity contribution in [1.82, 2.24) is 0 Å². The Balaban J connectivity index is 3.82. The van der Waals surface area contributed by atoms with Gasteiger partial charge in [-0.2, -0.15) is 0 Å². The summed E-state index contributed by atoms with van der Waals surface area (Å²) < 4.78 is 12.1. The minimum Gasteiger partial charge on any atom is -0.397 e. The Kier molecular flexibility index (Phi) is 12.6. The van der Waals surface area contributed by atoms with Crippen molar-refractivity contribution in [3.05, 3.63) is 0 Å². The third-order valence-electron chi connectivity index (χ3n) is 4.71. The van der Waals surface area contributed by atoms with Crippen LogP contribution in [-0.4, -0.2) is 22.3 Å². The molecule has 0 rings (SSSR count). The highest BCUT2D eigenvalue weighted by molar-refractivity contribution is 6.70. The van der Waals surface area contributed by atoms with Gasteiger partial charge < -0.3 is 8.85 Å². The zero-order valence-electron chi connectivity index (χ0n) is 16.3. The maximum atomic E-state index is 6.14. The summed E-state index contributed by atoms with van der Waals surface area (Å²) in [5.41, 5.74) is 0. The first-order chi connectivity index (χ1) is 10.4. The maximum absolute atomic E-state index is 6.14. The molecule has 22 heavy (non-hydrogen) atoms. The third kappa shape index (κ3) is 8.69. The second kappa shape index (κ2) is 12.5. The fraction of sp³-hybridized carbons (Fsp3) is 1.00. The summed E-state index contributed by atoms with van der Waals surface area (Å²) in [4.78, 5) is 0. The molecule has 0 saturated carbocycles. The van der Waals surface area contributed by atoms with E-state index in [0.717, 1.165) is 12.7 Å². The van der Waals surface area contributed by atoms with E-state index in [1.807, 2.05) is 7.11 Å². The van der Waals surface area contributed by atoms with Gasteiger partial charge in [-0.05, 0) is 13.0 Å². The first-order valence-electron chi connectivity index (χ1n) is 9.62. The van der Waals surface area contributed by atoms with Gasteiger partial charge in [0.25, 0.3) is 0 Å². The van der Waals surface area contributed by atoms with Gasteiger partial charge in [-0.15, -0.1) is 0 Å². The van der Waals surface area contributed by atoms with Gasteiger partial charge in [0.05, 0.1) is 0 Å². The van der Waals surface area contributed by atoms with E-state index in [4.69, 9.17) is 8.85 Å². The van der Waals surface area contributed by atoms with Crippen molar-refractivity contribution in [3.63, 3.8) is 0 Å². The molecule has 0 aliphatic rings. The van der Waals surface area contributed by atoms with Crippen LogP contribution < -0.4 is 0 Å². The average Bonchev–Trinajstić information content (AvgIpc) is 2.46. The van der Waals surface area contributed by atoms with Crippen LogP contribution in [0.25, 0.3) is 0 Å². The van der Waals surface area contributed by atoms with Gasteiger partial charge in [-0.3, -0.25) is 0 Å². The highest BCUT2D eigenvalue weighted by atomic mass is 28.4. The lowest BCUT2D eigenvalue weighted by atomic mass is 10.1. The largest absolute Gasteiger partial charge is 0.397 e. The summed E-state index contributed by atoms with van der Waals surface area (Å²) in [5, 5.41) is 0.150. The van der Waals surface area contributed by atoms with Crippen molar-refractivity contribution in [2.75, 3.05) is 13.7 Å². The summed E-state index contributed by atoms with van der Waals surface area (Å²) in [5.74, 6) is 0. The monoisotopic (exact) mass is 330 g/mol. The van der Waals surface area contributed by atoms with E-state index >= 15 is 0 Å². The molecule has 2 nitrogen and oxygen atoms in total. The van der Waals surface area contributed by atoms with Crippen LogP contribution in [0, 0.1) is 0 Å². The Bertz CT molecular complexity index is 250. The highest BCUT2D eigenvalue weighted by Gasteiger charge is 2.47. The average molecular weight is 331 g/mol. The van der Waals surface area contributed by atoms with Gasteiger partial charge >= 0.3 is 8.56 Å². The Hall–Kier alpha value is 0.137. The van der Waals surface area contributed by atoms with Gasteiger partial charge in [-0.1, -0.05) is 91.9 Å². The molecule has 134 valence electrons. The second-order valence-corrected chi connectivity index (χ2v) is 11.8. The van der Waals surface area contributed by atoms with Crippen molar-refractivity contribution in [2.45, 2.75) is 110 Å². The number of unbranched alkanes of at least 4 members (excludes halogenated alkanes) is 9. The van der Waals surface area contributed by atoms with E-state index in [1.54, 1.807) is 0 Å². The fourth-order valence-corrected chi connectivity index (χ4v) is 6.65. The molecule has 0 aromatic heterocycles. The Labute approximate surface area is 141 Å². The molecule has 0 aliphatic carbocycles. The maximum Gasteiger partial charge on any atom is 0.343 e. The predicted molar refractivity (Wildman–Crippen MR) is 101 cm³/mol. The molecule has 0 N–H and O–H groups in total. The minimum absolute atomic E-state index is 0.150. The van der Waals surface area contributed by atoms with E-state index in [1.165, 1.54) is 64.2 Å². The molecule has 0 aromatic rings. The number of rotatable bonds is 14. The molecular formula is C19H42O2Si. The van der Waals surface area contributed by atoms with Crippen molar-refractivity contribution < 1.29 is 8.85 Å².